The summed E-state index contributed by atoms with van der Waals surface area (Å²) < 4.78 is 28.7. The second-order valence-corrected chi connectivity index (χ2v) is 6.93. The number of carbonyl (C=O) groups is 1. The molecule has 3 rings (SSSR count). The fourth-order valence-electron chi connectivity index (χ4n) is 2.35. The standard InChI is InChI=1S/C16H9Br2F2N3O2/c1-7(24)23-15(25)12-2-8(17)3-13(18)14(12)22-16(23)21-11-5-9(19)4-10(20)6-11/h2-6H,1H3,(H,21,22). The van der Waals surface area contributed by atoms with E-state index < -0.39 is 23.1 Å². The van der Waals surface area contributed by atoms with Gasteiger partial charge in [-0.2, -0.15) is 0 Å². The van der Waals surface area contributed by atoms with Crippen LogP contribution in [0.5, 0.6) is 0 Å². The Morgan fingerprint density at radius 1 is 1.12 bits per heavy atom. The lowest BCUT2D eigenvalue weighted by molar-refractivity contribution is 0.0934. The van der Waals surface area contributed by atoms with Gasteiger partial charge in [0.25, 0.3) is 5.56 Å². The van der Waals surface area contributed by atoms with E-state index in [1.165, 1.54) is 6.92 Å². The Morgan fingerprint density at radius 2 is 1.76 bits per heavy atom. The molecule has 128 valence electrons. The minimum atomic E-state index is -0.801. The summed E-state index contributed by atoms with van der Waals surface area (Å²) in [5.74, 6) is -2.33. The van der Waals surface area contributed by atoms with Crippen LogP contribution in [0, 0.1) is 11.6 Å². The van der Waals surface area contributed by atoms with E-state index in [2.05, 4.69) is 42.2 Å². The molecule has 1 aromatic heterocycles. The van der Waals surface area contributed by atoms with Crippen LogP contribution in [0.3, 0.4) is 0 Å². The quantitative estimate of drug-likeness (QED) is 0.591. The van der Waals surface area contributed by atoms with Crippen LogP contribution in [-0.4, -0.2) is 15.5 Å². The molecule has 5 nitrogen and oxygen atoms in total. The Hall–Kier alpha value is -2.13. The molecule has 25 heavy (non-hydrogen) atoms. The number of halogens is 4. The Labute approximate surface area is 156 Å². The highest BCUT2D eigenvalue weighted by Crippen LogP contribution is 2.27. The van der Waals surface area contributed by atoms with Crippen molar-refractivity contribution in [2.24, 2.45) is 0 Å². The first-order chi connectivity index (χ1) is 11.8. The van der Waals surface area contributed by atoms with Crippen molar-refractivity contribution in [2.75, 3.05) is 5.32 Å². The first-order valence-corrected chi connectivity index (χ1v) is 8.50. The van der Waals surface area contributed by atoms with Gasteiger partial charge in [-0.05, 0) is 40.2 Å². The zero-order valence-corrected chi connectivity index (χ0v) is 15.8. The number of nitrogens with one attached hydrogen (secondary N) is 1. The van der Waals surface area contributed by atoms with Crippen LogP contribution in [0.1, 0.15) is 11.7 Å². The number of nitrogens with zero attached hydrogens (tertiary/aromatic N) is 2. The van der Waals surface area contributed by atoms with Gasteiger partial charge in [0, 0.05) is 27.6 Å². The molecular weight excluding hydrogens is 464 g/mol. The smallest absolute Gasteiger partial charge is 0.269 e. The summed E-state index contributed by atoms with van der Waals surface area (Å²) in [7, 11) is 0. The topological polar surface area (TPSA) is 64.0 Å². The number of hydrogen-bond acceptors (Lipinski definition) is 4. The molecule has 0 spiro atoms. The van der Waals surface area contributed by atoms with Gasteiger partial charge in [-0.25, -0.2) is 18.3 Å². The van der Waals surface area contributed by atoms with E-state index in [-0.39, 0.29) is 17.0 Å². The third-order valence-electron chi connectivity index (χ3n) is 3.32. The van der Waals surface area contributed by atoms with E-state index in [1.54, 1.807) is 12.1 Å². The summed E-state index contributed by atoms with van der Waals surface area (Å²) in [4.78, 5) is 28.9. The van der Waals surface area contributed by atoms with Gasteiger partial charge in [-0.1, -0.05) is 15.9 Å². The maximum absolute atomic E-state index is 13.4. The molecule has 2 aromatic carbocycles. The number of anilines is 2. The fraction of sp³-hybridized carbons (Fsp3) is 0.0625. The molecule has 9 heteroatoms. The highest BCUT2D eigenvalue weighted by molar-refractivity contribution is 9.11. The molecule has 0 atom stereocenters. The highest BCUT2D eigenvalue weighted by Gasteiger charge is 2.17. The number of rotatable bonds is 2. The zero-order chi connectivity index (χ0) is 18.3. The van der Waals surface area contributed by atoms with Gasteiger partial charge in [0.2, 0.25) is 11.9 Å². The van der Waals surface area contributed by atoms with E-state index in [0.29, 0.717) is 20.5 Å². The van der Waals surface area contributed by atoms with E-state index >= 15 is 0 Å². The number of carbonyl (C=O) groups excluding carboxylic acids is 1. The third-order valence-corrected chi connectivity index (χ3v) is 4.39. The van der Waals surface area contributed by atoms with Gasteiger partial charge in [-0.15, -0.1) is 0 Å². The average Bonchev–Trinajstić information content (AvgIpc) is 2.47. The van der Waals surface area contributed by atoms with E-state index in [1.807, 2.05) is 0 Å². The summed E-state index contributed by atoms with van der Waals surface area (Å²) >= 11 is 6.59. The van der Waals surface area contributed by atoms with Gasteiger partial charge in [0.05, 0.1) is 10.9 Å². The first-order valence-electron chi connectivity index (χ1n) is 6.92. The second kappa shape index (κ2) is 6.64. The summed E-state index contributed by atoms with van der Waals surface area (Å²) in [5.41, 5.74) is -0.268. The molecule has 0 unspecified atom stereocenters. The number of hydrogen-bond donors (Lipinski definition) is 1. The van der Waals surface area contributed by atoms with Crippen LogP contribution in [0.15, 0.2) is 44.1 Å². The monoisotopic (exact) mass is 471 g/mol. The summed E-state index contributed by atoms with van der Waals surface area (Å²) in [5, 5.41) is 2.84. The second-order valence-electron chi connectivity index (χ2n) is 5.16. The lowest BCUT2D eigenvalue weighted by atomic mass is 10.2. The van der Waals surface area contributed by atoms with Crippen LogP contribution in [0.4, 0.5) is 20.4 Å². The lowest BCUT2D eigenvalue weighted by Gasteiger charge is -2.13. The Bertz CT molecular complexity index is 1060. The van der Waals surface area contributed by atoms with Gasteiger partial charge in [0.15, 0.2) is 0 Å². The molecule has 1 heterocycles. The lowest BCUT2D eigenvalue weighted by Crippen LogP contribution is -2.28. The predicted octanol–water partition coefficient (Wildman–Crippen LogP) is 4.60. The van der Waals surface area contributed by atoms with Crippen LogP contribution in [-0.2, 0) is 0 Å². The summed E-state index contributed by atoms with van der Waals surface area (Å²) in [6.07, 6.45) is 0. The molecule has 0 aliphatic carbocycles. The Balaban J connectivity index is 2.28. The number of benzene rings is 2. The minimum Gasteiger partial charge on any atom is -0.325 e. The van der Waals surface area contributed by atoms with Crippen molar-refractivity contribution in [3.05, 3.63) is 61.3 Å². The van der Waals surface area contributed by atoms with Crippen molar-refractivity contribution < 1.29 is 13.6 Å². The molecule has 0 saturated heterocycles. The van der Waals surface area contributed by atoms with Crippen LogP contribution in [0.2, 0.25) is 0 Å². The highest BCUT2D eigenvalue weighted by atomic mass is 79.9. The van der Waals surface area contributed by atoms with Crippen molar-refractivity contribution in [1.82, 2.24) is 9.55 Å². The molecule has 0 aliphatic heterocycles. The molecule has 0 aliphatic rings. The van der Waals surface area contributed by atoms with Crippen molar-refractivity contribution in [3.63, 3.8) is 0 Å². The molecule has 0 radical (unpaired) electrons. The predicted molar refractivity (Wildman–Crippen MR) is 97.3 cm³/mol. The van der Waals surface area contributed by atoms with Crippen molar-refractivity contribution in [1.29, 1.82) is 0 Å². The zero-order valence-electron chi connectivity index (χ0n) is 12.6. The van der Waals surface area contributed by atoms with E-state index in [4.69, 9.17) is 0 Å². The Morgan fingerprint density at radius 3 is 2.36 bits per heavy atom. The van der Waals surface area contributed by atoms with Crippen molar-refractivity contribution in [2.45, 2.75) is 6.92 Å². The largest absolute Gasteiger partial charge is 0.325 e. The fourth-order valence-corrected chi connectivity index (χ4v) is 3.66. The summed E-state index contributed by atoms with van der Waals surface area (Å²) in [6, 6.07) is 6.01. The SMILES string of the molecule is CC(=O)n1c(Nc2cc(F)cc(F)c2)nc2c(Br)cc(Br)cc2c1=O. The number of fused-ring (bicyclic) bond motifs is 1. The van der Waals surface area contributed by atoms with Crippen molar-refractivity contribution in [3.8, 4) is 0 Å². The van der Waals surface area contributed by atoms with Crippen molar-refractivity contribution >= 4 is 60.3 Å². The normalized spacial score (nSPS) is 10.9. The van der Waals surface area contributed by atoms with Gasteiger partial charge >= 0.3 is 0 Å². The molecule has 3 aromatic rings. The molecule has 0 bridgehead atoms. The maximum Gasteiger partial charge on any atom is 0.269 e. The van der Waals surface area contributed by atoms with Crippen LogP contribution >= 0.6 is 31.9 Å². The van der Waals surface area contributed by atoms with Gasteiger partial charge < -0.3 is 5.32 Å². The molecule has 0 amide bonds. The average molecular weight is 473 g/mol. The van der Waals surface area contributed by atoms with E-state index in [9.17, 15) is 18.4 Å². The van der Waals surface area contributed by atoms with Crippen LogP contribution in [0.25, 0.3) is 10.9 Å². The molecule has 0 saturated carbocycles. The number of aromatic nitrogens is 2. The summed E-state index contributed by atoms with van der Waals surface area (Å²) in [6.45, 7) is 1.19. The third kappa shape index (κ3) is 3.47. The molecule has 1 N–H and O–H groups in total. The maximum atomic E-state index is 13.4. The van der Waals surface area contributed by atoms with E-state index in [0.717, 1.165) is 16.7 Å². The molecular formula is C16H9Br2F2N3O2. The van der Waals surface area contributed by atoms with Crippen LogP contribution < -0.4 is 10.9 Å². The van der Waals surface area contributed by atoms with Gasteiger partial charge in [0.1, 0.15) is 11.6 Å². The van der Waals surface area contributed by atoms with Gasteiger partial charge in [-0.3, -0.25) is 9.59 Å². The molecule has 0 fully saturated rings. The first kappa shape index (κ1) is 17.7. The minimum absolute atomic E-state index is 0.0204. The Kier molecular flexibility index (Phi) is 4.70.